The van der Waals surface area contributed by atoms with Gasteiger partial charge in [0.25, 0.3) is 0 Å². The van der Waals surface area contributed by atoms with E-state index >= 15 is 0 Å². The highest BCUT2D eigenvalue weighted by atomic mass is 16.5. The van der Waals surface area contributed by atoms with Crippen LogP contribution in [-0.4, -0.2) is 80.2 Å². The third-order valence-corrected chi connectivity index (χ3v) is 2.21. The maximum atomic E-state index is 11.3. The molecule has 0 radical (unpaired) electrons. The van der Waals surface area contributed by atoms with Crippen molar-refractivity contribution in [3.05, 3.63) is 0 Å². The van der Waals surface area contributed by atoms with Gasteiger partial charge in [-0.3, -0.25) is 9.59 Å². The molecule has 0 saturated heterocycles. The van der Waals surface area contributed by atoms with E-state index in [2.05, 4.69) is 4.74 Å². The van der Waals surface area contributed by atoms with Gasteiger partial charge in [-0.15, -0.1) is 0 Å². The molecule has 0 aliphatic heterocycles. The average Bonchev–Trinajstić information content (AvgIpc) is 2.31. The summed E-state index contributed by atoms with van der Waals surface area (Å²) in [6.07, 6.45) is -1.23. The molecule has 1 atom stereocenters. The van der Waals surface area contributed by atoms with E-state index in [1.165, 1.54) is 0 Å². The molecule has 1 unspecified atom stereocenters. The number of nitrogens with zero attached hydrogens (tertiary/aromatic N) is 1. The molecule has 7 heteroatoms. The fourth-order valence-corrected chi connectivity index (χ4v) is 1.02. The van der Waals surface area contributed by atoms with Crippen LogP contribution in [0, 0.1) is 0 Å². The van der Waals surface area contributed by atoms with Gasteiger partial charge >= 0.3 is 11.9 Å². The molecule has 0 spiro atoms. The second-order valence-corrected chi connectivity index (χ2v) is 5.25. The van der Waals surface area contributed by atoms with Crippen molar-refractivity contribution in [2.24, 2.45) is 0 Å². The maximum Gasteiger partial charge on any atom is 0.306 e. The molecule has 0 rings (SSSR count). The lowest BCUT2D eigenvalue weighted by molar-refractivity contribution is -0.870. The van der Waals surface area contributed by atoms with Crippen LogP contribution in [0.5, 0.6) is 0 Å². The normalized spacial score (nSPS) is 12.9. The first-order valence-corrected chi connectivity index (χ1v) is 6.15. The lowest BCUT2D eigenvalue weighted by Crippen LogP contribution is -2.38. The summed E-state index contributed by atoms with van der Waals surface area (Å²) >= 11 is 0. The van der Waals surface area contributed by atoms with Crippen LogP contribution in [-0.2, 0) is 19.1 Å². The van der Waals surface area contributed by atoms with E-state index < -0.39 is 24.6 Å². The van der Waals surface area contributed by atoms with Crippen molar-refractivity contribution in [1.82, 2.24) is 0 Å². The van der Waals surface area contributed by atoms with Gasteiger partial charge in [-0.2, -0.15) is 0 Å². The molecule has 0 aliphatic rings. The Balaban J connectivity index is 3.64. The highest BCUT2D eigenvalue weighted by Crippen LogP contribution is 1.98. The van der Waals surface area contributed by atoms with Crippen LogP contribution in [0.2, 0.25) is 0 Å². The van der Waals surface area contributed by atoms with E-state index in [1.807, 2.05) is 21.1 Å². The summed E-state index contributed by atoms with van der Waals surface area (Å²) in [5.41, 5.74) is 0. The maximum absolute atomic E-state index is 11.3. The number of esters is 2. The third-order valence-electron chi connectivity index (χ3n) is 2.21. The van der Waals surface area contributed by atoms with Crippen molar-refractivity contribution in [3.63, 3.8) is 0 Å². The molecule has 0 aromatic carbocycles. The molecule has 0 saturated carbocycles. The molecule has 0 aliphatic carbocycles. The number of likely N-dealkylation sites (N-methyl/N-ethyl adjacent to an activating group) is 1. The molecule has 2 N–H and O–H groups in total. The van der Waals surface area contributed by atoms with Crippen molar-refractivity contribution in [1.29, 1.82) is 0 Å². The van der Waals surface area contributed by atoms with Gasteiger partial charge in [-0.25, -0.2) is 0 Å². The zero-order valence-corrected chi connectivity index (χ0v) is 11.8. The number of quaternary nitrogens is 1. The highest BCUT2D eigenvalue weighted by molar-refractivity contribution is 5.77. The minimum Gasteiger partial charge on any atom is -0.463 e. The number of aliphatic hydroxyl groups excluding tert-OH is 2. The van der Waals surface area contributed by atoms with E-state index in [1.54, 1.807) is 0 Å². The Labute approximate surface area is 113 Å². The predicted molar refractivity (Wildman–Crippen MR) is 67.1 cm³/mol. The SMILES string of the molecule is C[N+](C)(C)CCOC(=O)CCC(=O)OCC(O)CO. The summed E-state index contributed by atoms with van der Waals surface area (Å²) in [7, 11) is 5.95. The first-order valence-electron chi connectivity index (χ1n) is 6.15. The summed E-state index contributed by atoms with van der Waals surface area (Å²) < 4.78 is 10.3. The Morgan fingerprint density at radius 2 is 1.63 bits per heavy atom. The van der Waals surface area contributed by atoms with Crippen LogP contribution in [0.4, 0.5) is 0 Å². The second kappa shape index (κ2) is 8.84. The molecule has 0 amide bonds. The van der Waals surface area contributed by atoms with Crippen LogP contribution >= 0.6 is 0 Å². The smallest absolute Gasteiger partial charge is 0.306 e. The molecule has 7 nitrogen and oxygen atoms in total. The van der Waals surface area contributed by atoms with Crippen LogP contribution in [0.25, 0.3) is 0 Å². The van der Waals surface area contributed by atoms with Gasteiger partial charge in [0.2, 0.25) is 0 Å². The average molecular weight is 278 g/mol. The number of carbonyl (C=O) groups is 2. The minimum absolute atomic E-state index is 0.0504. The Morgan fingerprint density at radius 1 is 1.11 bits per heavy atom. The van der Waals surface area contributed by atoms with Gasteiger partial charge in [-0.05, 0) is 0 Å². The largest absolute Gasteiger partial charge is 0.463 e. The van der Waals surface area contributed by atoms with E-state index in [0.717, 1.165) is 0 Å². The van der Waals surface area contributed by atoms with Gasteiger partial charge in [0.15, 0.2) is 0 Å². The molecule has 0 aromatic heterocycles. The zero-order valence-electron chi connectivity index (χ0n) is 11.8. The topological polar surface area (TPSA) is 93.1 Å². The first kappa shape index (κ1) is 17.8. The number of carbonyl (C=O) groups excluding carboxylic acids is 2. The van der Waals surface area contributed by atoms with Crippen molar-refractivity contribution in [2.75, 3.05) is 47.5 Å². The Hall–Kier alpha value is -1.18. The van der Waals surface area contributed by atoms with E-state index in [4.69, 9.17) is 14.9 Å². The van der Waals surface area contributed by atoms with E-state index in [0.29, 0.717) is 17.6 Å². The molecule has 0 heterocycles. The van der Waals surface area contributed by atoms with Crippen molar-refractivity contribution >= 4 is 11.9 Å². The Morgan fingerprint density at radius 3 is 2.11 bits per heavy atom. The van der Waals surface area contributed by atoms with Crippen LogP contribution in [0.3, 0.4) is 0 Å². The minimum atomic E-state index is -1.08. The fourth-order valence-electron chi connectivity index (χ4n) is 1.02. The third kappa shape index (κ3) is 11.6. The Kier molecular flexibility index (Phi) is 8.29. The summed E-state index contributed by atoms with van der Waals surface area (Å²) in [5, 5.41) is 17.5. The molecular formula is C12H24NO6+. The van der Waals surface area contributed by atoms with Gasteiger partial charge in [-0.1, -0.05) is 0 Å². The number of ether oxygens (including phenoxy) is 2. The van der Waals surface area contributed by atoms with Gasteiger partial charge in [0, 0.05) is 0 Å². The van der Waals surface area contributed by atoms with Crippen LogP contribution < -0.4 is 0 Å². The standard InChI is InChI=1S/C12H24NO6/c1-13(2,3)6-7-18-11(16)4-5-12(17)19-9-10(15)8-14/h10,14-15H,4-9H2,1-3H3/q+1. The molecule has 0 aromatic rings. The van der Waals surface area contributed by atoms with Crippen LogP contribution in [0.1, 0.15) is 12.8 Å². The van der Waals surface area contributed by atoms with Gasteiger partial charge in [0.05, 0.1) is 40.6 Å². The highest BCUT2D eigenvalue weighted by Gasteiger charge is 2.13. The predicted octanol–water partition coefficient (Wildman–Crippen LogP) is -1.09. The quantitative estimate of drug-likeness (QED) is 0.411. The molecular weight excluding hydrogens is 254 g/mol. The summed E-state index contributed by atoms with van der Waals surface area (Å²) in [6, 6.07) is 0. The van der Waals surface area contributed by atoms with Gasteiger partial charge < -0.3 is 24.2 Å². The zero-order chi connectivity index (χ0) is 14.9. The number of rotatable bonds is 9. The molecule has 19 heavy (non-hydrogen) atoms. The fraction of sp³-hybridized carbons (Fsp3) is 0.833. The monoisotopic (exact) mass is 278 g/mol. The van der Waals surface area contributed by atoms with Gasteiger partial charge in [0.1, 0.15) is 25.9 Å². The number of hydrogen-bond acceptors (Lipinski definition) is 6. The molecule has 0 bridgehead atoms. The molecule has 0 fully saturated rings. The summed E-state index contributed by atoms with van der Waals surface area (Å²) in [4.78, 5) is 22.5. The number of aliphatic hydroxyl groups is 2. The number of hydrogen-bond donors (Lipinski definition) is 2. The van der Waals surface area contributed by atoms with Crippen molar-refractivity contribution < 1.29 is 33.8 Å². The van der Waals surface area contributed by atoms with E-state index in [9.17, 15) is 9.59 Å². The second-order valence-electron chi connectivity index (χ2n) is 5.25. The van der Waals surface area contributed by atoms with Crippen LogP contribution in [0.15, 0.2) is 0 Å². The van der Waals surface area contributed by atoms with Crippen molar-refractivity contribution in [2.45, 2.75) is 18.9 Å². The Bertz CT molecular complexity index is 286. The van der Waals surface area contributed by atoms with Crippen molar-refractivity contribution in [3.8, 4) is 0 Å². The van der Waals surface area contributed by atoms with E-state index in [-0.39, 0.29) is 19.4 Å². The molecule has 112 valence electrons. The summed E-state index contributed by atoms with van der Waals surface area (Å²) in [5.74, 6) is -1.05. The summed E-state index contributed by atoms with van der Waals surface area (Å²) in [6.45, 7) is 0.256. The lowest BCUT2D eigenvalue weighted by atomic mass is 10.3. The first-order chi connectivity index (χ1) is 8.74. The lowest BCUT2D eigenvalue weighted by Gasteiger charge is -2.23.